The number of ether oxygens (including phenoxy) is 1. The second-order valence-corrected chi connectivity index (χ2v) is 5.36. The van der Waals surface area contributed by atoms with Crippen LogP contribution in [0.4, 0.5) is 0 Å². The fraction of sp³-hybridized carbons (Fsp3) is 0.533. The summed E-state index contributed by atoms with van der Waals surface area (Å²) in [7, 11) is 1.79. The Hall–Kier alpha value is -1.59. The molecular weight excluding hydrogens is 256 g/mol. The van der Waals surface area contributed by atoms with Crippen molar-refractivity contribution in [3.05, 3.63) is 29.8 Å². The first kappa shape index (κ1) is 14.8. The number of phenols is 1. The summed E-state index contributed by atoms with van der Waals surface area (Å²) in [6.45, 7) is 2.67. The van der Waals surface area contributed by atoms with Gasteiger partial charge in [-0.1, -0.05) is 12.1 Å². The highest BCUT2D eigenvalue weighted by atomic mass is 16.5. The summed E-state index contributed by atoms with van der Waals surface area (Å²) < 4.78 is 5.49. The van der Waals surface area contributed by atoms with Crippen molar-refractivity contribution in [2.45, 2.75) is 38.0 Å². The Bertz CT molecular complexity index is 461. The smallest absolute Gasteiger partial charge is 0.239 e. The summed E-state index contributed by atoms with van der Waals surface area (Å²) in [5.74, 6) is 0.142. The SMILES string of the molecule is CC1OCCC1N(C)C(=O)[C@@H](N)Cc1ccc(O)cc1. The number of phenolic OH excluding ortho intramolecular Hbond substituents is 1. The predicted molar refractivity (Wildman–Crippen MR) is 76.4 cm³/mol. The lowest BCUT2D eigenvalue weighted by molar-refractivity contribution is -0.134. The predicted octanol–water partition coefficient (Wildman–Crippen LogP) is 0.898. The van der Waals surface area contributed by atoms with E-state index in [9.17, 15) is 9.90 Å². The van der Waals surface area contributed by atoms with Gasteiger partial charge in [-0.2, -0.15) is 0 Å². The van der Waals surface area contributed by atoms with Crippen molar-refractivity contribution in [2.24, 2.45) is 5.73 Å². The third-order valence-electron chi connectivity index (χ3n) is 3.89. The van der Waals surface area contributed by atoms with Gasteiger partial charge in [-0.15, -0.1) is 0 Å². The Morgan fingerprint density at radius 1 is 1.50 bits per heavy atom. The van der Waals surface area contributed by atoms with Gasteiger partial charge >= 0.3 is 0 Å². The van der Waals surface area contributed by atoms with Gasteiger partial charge in [0.15, 0.2) is 0 Å². The Labute approximate surface area is 119 Å². The summed E-state index contributed by atoms with van der Waals surface area (Å²) >= 11 is 0. The van der Waals surface area contributed by atoms with Crippen LogP contribution in [-0.2, 0) is 16.0 Å². The lowest BCUT2D eigenvalue weighted by atomic mass is 10.0. The second-order valence-electron chi connectivity index (χ2n) is 5.36. The van der Waals surface area contributed by atoms with Crippen LogP contribution >= 0.6 is 0 Å². The molecule has 2 unspecified atom stereocenters. The third kappa shape index (κ3) is 3.29. The molecule has 5 nitrogen and oxygen atoms in total. The molecule has 1 aromatic carbocycles. The minimum atomic E-state index is -0.572. The normalized spacial score (nSPS) is 23.6. The number of nitrogens with zero attached hydrogens (tertiary/aromatic N) is 1. The topological polar surface area (TPSA) is 75.8 Å². The number of amides is 1. The van der Waals surface area contributed by atoms with E-state index in [-0.39, 0.29) is 23.8 Å². The summed E-state index contributed by atoms with van der Waals surface area (Å²) in [5.41, 5.74) is 6.94. The summed E-state index contributed by atoms with van der Waals surface area (Å²) in [4.78, 5) is 14.1. The van der Waals surface area contributed by atoms with E-state index in [0.29, 0.717) is 13.0 Å². The largest absolute Gasteiger partial charge is 0.508 e. The highest BCUT2D eigenvalue weighted by Crippen LogP contribution is 2.19. The van der Waals surface area contributed by atoms with Crippen LogP contribution in [0.5, 0.6) is 5.75 Å². The maximum Gasteiger partial charge on any atom is 0.239 e. The molecule has 3 atom stereocenters. The fourth-order valence-electron chi connectivity index (χ4n) is 2.63. The van der Waals surface area contributed by atoms with Crippen LogP contribution in [0.1, 0.15) is 18.9 Å². The van der Waals surface area contributed by atoms with Gasteiger partial charge in [0.25, 0.3) is 0 Å². The number of carbonyl (C=O) groups excluding carboxylic acids is 1. The Morgan fingerprint density at radius 3 is 2.70 bits per heavy atom. The number of nitrogens with two attached hydrogens (primary N) is 1. The van der Waals surface area contributed by atoms with Crippen molar-refractivity contribution in [2.75, 3.05) is 13.7 Å². The number of rotatable bonds is 4. The first-order chi connectivity index (χ1) is 9.49. The van der Waals surface area contributed by atoms with Crippen LogP contribution in [0.3, 0.4) is 0 Å². The monoisotopic (exact) mass is 278 g/mol. The van der Waals surface area contributed by atoms with E-state index in [1.54, 1.807) is 36.2 Å². The molecule has 0 aromatic heterocycles. The van der Waals surface area contributed by atoms with E-state index in [2.05, 4.69) is 0 Å². The van der Waals surface area contributed by atoms with Gasteiger partial charge < -0.3 is 20.5 Å². The average Bonchev–Trinajstić information content (AvgIpc) is 2.86. The number of hydrogen-bond donors (Lipinski definition) is 2. The zero-order chi connectivity index (χ0) is 14.7. The van der Waals surface area contributed by atoms with Gasteiger partial charge in [0.2, 0.25) is 5.91 Å². The van der Waals surface area contributed by atoms with E-state index in [1.807, 2.05) is 6.92 Å². The minimum absolute atomic E-state index is 0.0600. The summed E-state index contributed by atoms with van der Waals surface area (Å²) in [6.07, 6.45) is 1.38. The number of carbonyl (C=O) groups is 1. The quantitative estimate of drug-likeness (QED) is 0.858. The molecule has 1 saturated heterocycles. The molecule has 0 bridgehead atoms. The van der Waals surface area contributed by atoms with Gasteiger partial charge in [0.1, 0.15) is 5.75 Å². The van der Waals surface area contributed by atoms with E-state index in [1.165, 1.54) is 0 Å². The molecule has 1 aromatic rings. The Kier molecular flexibility index (Phi) is 4.62. The maximum atomic E-state index is 12.3. The van der Waals surface area contributed by atoms with Crippen molar-refractivity contribution >= 4 is 5.91 Å². The molecule has 20 heavy (non-hydrogen) atoms. The lowest BCUT2D eigenvalue weighted by Crippen LogP contribution is -2.49. The van der Waals surface area contributed by atoms with E-state index < -0.39 is 6.04 Å². The molecule has 0 radical (unpaired) electrons. The maximum absolute atomic E-state index is 12.3. The van der Waals surface area contributed by atoms with Crippen LogP contribution in [0.25, 0.3) is 0 Å². The molecule has 5 heteroatoms. The average molecular weight is 278 g/mol. The van der Waals surface area contributed by atoms with Crippen LogP contribution in [0.2, 0.25) is 0 Å². The van der Waals surface area contributed by atoms with E-state index in [4.69, 9.17) is 10.5 Å². The van der Waals surface area contributed by atoms with Crippen molar-refractivity contribution in [1.82, 2.24) is 4.90 Å². The number of hydrogen-bond acceptors (Lipinski definition) is 4. The number of likely N-dealkylation sites (N-methyl/N-ethyl adjacent to an activating group) is 1. The van der Waals surface area contributed by atoms with Gasteiger partial charge in [0, 0.05) is 13.7 Å². The van der Waals surface area contributed by atoms with Crippen LogP contribution in [0.15, 0.2) is 24.3 Å². The molecule has 0 saturated carbocycles. The molecule has 3 N–H and O–H groups in total. The van der Waals surface area contributed by atoms with Gasteiger partial charge in [-0.25, -0.2) is 0 Å². The second kappa shape index (κ2) is 6.24. The molecule has 2 rings (SSSR count). The molecule has 0 spiro atoms. The molecule has 1 aliphatic rings. The minimum Gasteiger partial charge on any atom is -0.508 e. The number of aromatic hydroxyl groups is 1. The Morgan fingerprint density at radius 2 is 2.15 bits per heavy atom. The fourth-order valence-corrected chi connectivity index (χ4v) is 2.63. The standard InChI is InChI=1S/C15H22N2O3/c1-10-14(7-8-20-10)17(2)15(19)13(16)9-11-3-5-12(18)6-4-11/h3-6,10,13-14,18H,7-9,16H2,1-2H3/t10?,13-,14?/m0/s1. The van der Waals surface area contributed by atoms with Crippen LogP contribution < -0.4 is 5.73 Å². The molecule has 1 heterocycles. The van der Waals surface area contributed by atoms with Crippen molar-refractivity contribution in [3.63, 3.8) is 0 Å². The highest BCUT2D eigenvalue weighted by molar-refractivity contribution is 5.82. The van der Waals surface area contributed by atoms with Crippen molar-refractivity contribution in [3.8, 4) is 5.75 Å². The molecule has 1 amide bonds. The first-order valence-electron chi connectivity index (χ1n) is 6.91. The molecular formula is C15H22N2O3. The Balaban J connectivity index is 1.95. The van der Waals surface area contributed by atoms with Crippen molar-refractivity contribution < 1.29 is 14.6 Å². The van der Waals surface area contributed by atoms with E-state index >= 15 is 0 Å². The van der Waals surface area contributed by atoms with Crippen molar-refractivity contribution in [1.29, 1.82) is 0 Å². The summed E-state index contributed by atoms with van der Waals surface area (Å²) in [5, 5.41) is 9.24. The van der Waals surface area contributed by atoms with Crippen LogP contribution in [-0.4, -0.2) is 47.8 Å². The van der Waals surface area contributed by atoms with E-state index in [0.717, 1.165) is 12.0 Å². The van der Waals surface area contributed by atoms with Gasteiger partial charge in [-0.3, -0.25) is 4.79 Å². The highest BCUT2D eigenvalue weighted by Gasteiger charge is 2.32. The summed E-state index contributed by atoms with van der Waals surface area (Å²) in [6, 6.07) is 6.30. The zero-order valence-electron chi connectivity index (χ0n) is 12.0. The molecule has 110 valence electrons. The molecule has 0 aliphatic carbocycles. The zero-order valence-corrected chi connectivity index (χ0v) is 12.0. The van der Waals surface area contributed by atoms with Gasteiger partial charge in [-0.05, 0) is 37.5 Å². The first-order valence-corrected chi connectivity index (χ1v) is 6.91. The van der Waals surface area contributed by atoms with Crippen LogP contribution in [0, 0.1) is 0 Å². The molecule has 1 aliphatic heterocycles. The number of benzene rings is 1. The van der Waals surface area contributed by atoms with Gasteiger partial charge in [0.05, 0.1) is 18.2 Å². The third-order valence-corrected chi connectivity index (χ3v) is 3.89. The lowest BCUT2D eigenvalue weighted by Gasteiger charge is -2.29. The molecule has 1 fully saturated rings.